The minimum Gasteiger partial charge on any atom is -0.382 e. The molecule has 1 saturated carbocycles. The van der Waals surface area contributed by atoms with Gasteiger partial charge in [0.1, 0.15) is 5.82 Å². The molecule has 3 rings (SSSR count). The number of anilines is 1. The summed E-state index contributed by atoms with van der Waals surface area (Å²) in [5.74, 6) is 0.609. The van der Waals surface area contributed by atoms with E-state index in [1.165, 1.54) is 0 Å². The second-order valence-electron chi connectivity index (χ2n) is 8.55. The zero-order valence-corrected chi connectivity index (χ0v) is 15.1. The maximum absolute atomic E-state index is 14.1. The van der Waals surface area contributed by atoms with Crippen LogP contribution in [0.4, 0.5) is 10.1 Å². The number of carbonyl (C=O) groups excluding carboxylic acids is 1. The Bertz CT molecular complexity index is 596. The maximum atomic E-state index is 14.1. The first-order chi connectivity index (χ1) is 11.3. The first kappa shape index (κ1) is 17.2. The van der Waals surface area contributed by atoms with E-state index in [0.717, 1.165) is 50.0 Å². The van der Waals surface area contributed by atoms with Gasteiger partial charge in [0.15, 0.2) is 0 Å². The lowest BCUT2D eigenvalue weighted by atomic mass is 9.91. The Hall–Kier alpha value is -1.58. The second-order valence-corrected chi connectivity index (χ2v) is 8.55. The highest BCUT2D eigenvalue weighted by Crippen LogP contribution is 2.41. The molecule has 1 heterocycles. The Morgan fingerprint density at radius 1 is 1.21 bits per heavy atom. The van der Waals surface area contributed by atoms with Crippen LogP contribution in [0.3, 0.4) is 0 Å². The molecule has 1 saturated heterocycles. The van der Waals surface area contributed by atoms with E-state index in [-0.39, 0.29) is 17.1 Å². The first-order valence-electron chi connectivity index (χ1n) is 9.15. The Kier molecular flexibility index (Phi) is 4.84. The van der Waals surface area contributed by atoms with Gasteiger partial charge in [-0.25, -0.2) is 4.39 Å². The van der Waals surface area contributed by atoms with Gasteiger partial charge in [0.2, 0.25) is 5.91 Å². The van der Waals surface area contributed by atoms with E-state index < -0.39 is 0 Å². The van der Waals surface area contributed by atoms with Crippen molar-refractivity contribution in [1.82, 2.24) is 4.90 Å². The summed E-state index contributed by atoms with van der Waals surface area (Å²) in [6, 6.07) is 5.87. The Balaban J connectivity index is 1.50. The van der Waals surface area contributed by atoms with E-state index in [0.29, 0.717) is 18.4 Å². The molecular weight excluding hydrogens is 303 g/mol. The summed E-state index contributed by atoms with van der Waals surface area (Å²) < 4.78 is 14.1. The van der Waals surface area contributed by atoms with Gasteiger partial charge < -0.3 is 10.2 Å². The van der Waals surface area contributed by atoms with Crippen molar-refractivity contribution < 1.29 is 9.18 Å². The molecule has 1 aliphatic carbocycles. The molecule has 4 heteroatoms. The average molecular weight is 332 g/mol. The van der Waals surface area contributed by atoms with Gasteiger partial charge in [0, 0.05) is 31.2 Å². The molecule has 1 aliphatic heterocycles. The van der Waals surface area contributed by atoms with Crippen LogP contribution < -0.4 is 5.32 Å². The Labute approximate surface area is 144 Å². The lowest BCUT2D eigenvalue weighted by molar-refractivity contribution is -0.134. The highest BCUT2D eigenvalue weighted by atomic mass is 19.1. The number of rotatable bonds is 4. The van der Waals surface area contributed by atoms with Gasteiger partial charge in [0.25, 0.3) is 0 Å². The topological polar surface area (TPSA) is 32.3 Å². The molecular formula is C20H29FN2O. The Morgan fingerprint density at radius 2 is 1.88 bits per heavy atom. The van der Waals surface area contributed by atoms with Crippen molar-refractivity contribution in [3.8, 4) is 0 Å². The third-order valence-corrected chi connectivity index (χ3v) is 4.92. The van der Waals surface area contributed by atoms with Crippen LogP contribution in [-0.4, -0.2) is 29.9 Å². The minimum absolute atomic E-state index is 0.0347. The lowest BCUT2D eigenvalue weighted by Gasteiger charge is -2.34. The predicted octanol–water partition coefficient (Wildman–Crippen LogP) is 4.54. The number of likely N-dealkylation sites (tertiary alicyclic amines) is 1. The number of piperidine rings is 1. The maximum Gasteiger partial charge on any atom is 0.223 e. The third kappa shape index (κ3) is 4.49. The summed E-state index contributed by atoms with van der Waals surface area (Å²) in [4.78, 5) is 14.3. The highest BCUT2D eigenvalue weighted by molar-refractivity contribution is 5.77. The molecule has 0 bridgehead atoms. The molecule has 3 nitrogen and oxygen atoms in total. The SMILES string of the molecule is CC(C)(C)CC(=O)N1CCC(Nc2ccc(C3CC3)c(F)c2)CC1. The van der Waals surface area contributed by atoms with Gasteiger partial charge in [0.05, 0.1) is 0 Å². The number of nitrogens with one attached hydrogen (secondary N) is 1. The second kappa shape index (κ2) is 6.73. The molecule has 1 N–H and O–H groups in total. The summed E-state index contributed by atoms with van der Waals surface area (Å²) >= 11 is 0. The van der Waals surface area contributed by atoms with Crippen LogP contribution in [0.15, 0.2) is 18.2 Å². The van der Waals surface area contributed by atoms with Crippen LogP contribution in [0.1, 0.15) is 64.4 Å². The van der Waals surface area contributed by atoms with Crippen molar-refractivity contribution in [3.63, 3.8) is 0 Å². The van der Waals surface area contributed by atoms with Crippen LogP contribution in [0.5, 0.6) is 0 Å². The molecule has 0 aromatic heterocycles. The fourth-order valence-corrected chi connectivity index (χ4v) is 3.42. The number of nitrogens with zero attached hydrogens (tertiary/aromatic N) is 1. The van der Waals surface area contributed by atoms with E-state index in [1.807, 2.05) is 17.0 Å². The molecule has 2 fully saturated rings. The van der Waals surface area contributed by atoms with Crippen LogP contribution in [0.25, 0.3) is 0 Å². The van der Waals surface area contributed by atoms with Crippen molar-refractivity contribution in [2.75, 3.05) is 18.4 Å². The quantitative estimate of drug-likeness (QED) is 0.878. The standard InChI is InChI=1S/C20H29FN2O/c1-20(2,3)13-19(24)23-10-8-15(9-11-23)22-16-6-7-17(14-4-5-14)18(21)12-16/h6-7,12,14-15,22H,4-5,8-11,13H2,1-3H3. The van der Waals surface area contributed by atoms with E-state index >= 15 is 0 Å². The minimum atomic E-state index is -0.0831. The molecule has 0 radical (unpaired) electrons. The number of hydrogen-bond acceptors (Lipinski definition) is 2. The number of amides is 1. The molecule has 132 valence electrons. The van der Waals surface area contributed by atoms with Crippen molar-refractivity contribution in [2.24, 2.45) is 5.41 Å². The average Bonchev–Trinajstić information content (AvgIpc) is 3.31. The molecule has 2 aliphatic rings. The zero-order valence-electron chi connectivity index (χ0n) is 15.1. The van der Waals surface area contributed by atoms with Gasteiger partial charge in [-0.05, 0) is 54.7 Å². The zero-order chi connectivity index (χ0) is 17.3. The fraction of sp³-hybridized carbons (Fsp3) is 0.650. The summed E-state index contributed by atoms with van der Waals surface area (Å²) in [6.45, 7) is 7.86. The predicted molar refractivity (Wildman–Crippen MR) is 95.7 cm³/mol. The summed E-state index contributed by atoms with van der Waals surface area (Å²) in [5.41, 5.74) is 1.76. The van der Waals surface area contributed by atoms with Crippen LogP contribution in [0, 0.1) is 11.2 Å². The monoisotopic (exact) mass is 332 g/mol. The smallest absolute Gasteiger partial charge is 0.223 e. The summed E-state index contributed by atoms with van der Waals surface area (Å²) in [6.07, 6.45) is 4.66. The van der Waals surface area contributed by atoms with Crippen molar-refractivity contribution in [2.45, 2.75) is 64.8 Å². The van der Waals surface area contributed by atoms with E-state index in [1.54, 1.807) is 6.07 Å². The molecule has 0 unspecified atom stereocenters. The van der Waals surface area contributed by atoms with Crippen LogP contribution in [0.2, 0.25) is 0 Å². The normalized spacial score (nSPS) is 19.4. The molecule has 1 amide bonds. The molecule has 24 heavy (non-hydrogen) atoms. The Morgan fingerprint density at radius 3 is 2.42 bits per heavy atom. The lowest BCUT2D eigenvalue weighted by Crippen LogP contribution is -2.43. The van der Waals surface area contributed by atoms with Crippen molar-refractivity contribution in [1.29, 1.82) is 0 Å². The van der Waals surface area contributed by atoms with Crippen molar-refractivity contribution in [3.05, 3.63) is 29.6 Å². The van der Waals surface area contributed by atoms with Gasteiger partial charge >= 0.3 is 0 Å². The number of carbonyl (C=O) groups is 1. The third-order valence-electron chi connectivity index (χ3n) is 4.92. The van der Waals surface area contributed by atoms with Gasteiger partial charge in [-0.1, -0.05) is 26.8 Å². The number of benzene rings is 1. The number of halogens is 1. The van der Waals surface area contributed by atoms with Crippen LogP contribution >= 0.6 is 0 Å². The first-order valence-corrected chi connectivity index (χ1v) is 9.15. The van der Waals surface area contributed by atoms with E-state index in [9.17, 15) is 9.18 Å². The fourth-order valence-electron chi connectivity index (χ4n) is 3.42. The molecule has 0 atom stereocenters. The van der Waals surface area contributed by atoms with Gasteiger partial charge in [-0.2, -0.15) is 0 Å². The van der Waals surface area contributed by atoms with E-state index in [4.69, 9.17) is 0 Å². The largest absolute Gasteiger partial charge is 0.382 e. The van der Waals surface area contributed by atoms with Crippen molar-refractivity contribution >= 4 is 11.6 Å². The summed E-state index contributed by atoms with van der Waals surface area (Å²) in [7, 11) is 0. The summed E-state index contributed by atoms with van der Waals surface area (Å²) in [5, 5.41) is 3.44. The highest BCUT2D eigenvalue weighted by Gasteiger charge is 2.28. The van der Waals surface area contributed by atoms with E-state index in [2.05, 4.69) is 26.1 Å². The van der Waals surface area contributed by atoms with Gasteiger partial charge in [-0.15, -0.1) is 0 Å². The number of hydrogen-bond donors (Lipinski definition) is 1. The molecule has 1 aromatic rings. The van der Waals surface area contributed by atoms with Crippen LogP contribution in [-0.2, 0) is 4.79 Å². The van der Waals surface area contributed by atoms with Gasteiger partial charge in [-0.3, -0.25) is 4.79 Å². The molecule has 0 spiro atoms. The molecule has 1 aromatic carbocycles.